The Kier molecular flexibility index (Phi) is 5.26. The number of rotatable bonds is 3. The fourth-order valence-corrected chi connectivity index (χ4v) is 3.38. The normalized spacial score (nSPS) is 15.6. The molecule has 1 aromatic carbocycles. The maximum Gasteiger partial charge on any atom is 0.335 e. The van der Waals surface area contributed by atoms with Crippen molar-refractivity contribution < 1.29 is 14.7 Å². The predicted octanol–water partition coefficient (Wildman–Crippen LogP) is 3.59. The number of carboxylic acids is 1. The molecule has 0 bridgehead atoms. The molecule has 1 N–H and O–H groups in total. The SMILES string of the molecule is CC(C)(C)C(=O)N1CCC(c2cncc(-c3cccc(C(=O)O)c3)n2)CC1. The number of carbonyl (C=O) groups excluding carboxylic acids is 1. The van der Waals surface area contributed by atoms with Crippen LogP contribution in [0.3, 0.4) is 0 Å². The van der Waals surface area contributed by atoms with Gasteiger partial charge in [0.15, 0.2) is 0 Å². The molecular weight excluding hydrogens is 342 g/mol. The molecule has 0 aliphatic carbocycles. The van der Waals surface area contributed by atoms with E-state index in [4.69, 9.17) is 4.98 Å². The van der Waals surface area contributed by atoms with E-state index in [1.165, 1.54) is 0 Å². The highest BCUT2D eigenvalue weighted by Gasteiger charge is 2.31. The summed E-state index contributed by atoms with van der Waals surface area (Å²) in [7, 11) is 0. The molecule has 1 aliphatic heterocycles. The van der Waals surface area contributed by atoms with Gasteiger partial charge in [0.2, 0.25) is 5.91 Å². The third-order valence-electron chi connectivity index (χ3n) is 4.90. The number of hydrogen-bond donors (Lipinski definition) is 1. The van der Waals surface area contributed by atoms with Crippen molar-refractivity contribution in [3.05, 3.63) is 47.9 Å². The summed E-state index contributed by atoms with van der Waals surface area (Å²) in [5.74, 6) is -0.521. The van der Waals surface area contributed by atoms with E-state index in [-0.39, 0.29) is 22.8 Å². The van der Waals surface area contributed by atoms with Gasteiger partial charge in [0.25, 0.3) is 0 Å². The molecule has 0 saturated carbocycles. The molecule has 27 heavy (non-hydrogen) atoms. The lowest BCUT2D eigenvalue weighted by molar-refractivity contribution is -0.140. The second-order valence-electron chi connectivity index (χ2n) is 8.03. The van der Waals surface area contributed by atoms with Crippen LogP contribution in [0.25, 0.3) is 11.3 Å². The maximum absolute atomic E-state index is 12.4. The molecule has 3 rings (SSSR count). The number of hydrogen-bond acceptors (Lipinski definition) is 4. The fourth-order valence-electron chi connectivity index (χ4n) is 3.38. The standard InChI is InChI=1S/C21H25N3O3/c1-21(2,3)20(27)24-9-7-14(8-10-24)17-12-22-13-18(23-17)15-5-4-6-16(11-15)19(25)26/h4-6,11-14H,7-10H2,1-3H3,(H,25,26). The van der Waals surface area contributed by atoms with Crippen LogP contribution in [0.2, 0.25) is 0 Å². The summed E-state index contributed by atoms with van der Waals surface area (Å²) in [5.41, 5.74) is 2.18. The van der Waals surface area contributed by atoms with Gasteiger partial charge in [-0.15, -0.1) is 0 Å². The minimum atomic E-state index is -0.961. The Labute approximate surface area is 159 Å². The van der Waals surface area contributed by atoms with Gasteiger partial charge in [-0.05, 0) is 25.0 Å². The van der Waals surface area contributed by atoms with Crippen molar-refractivity contribution in [1.29, 1.82) is 0 Å². The summed E-state index contributed by atoms with van der Waals surface area (Å²) < 4.78 is 0. The molecule has 0 atom stereocenters. The first-order valence-electron chi connectivity index (χ1n) is 9.21. The van der Waals surface area contributed by atoms with Gasteiger partial charge in [0, 0.05) is 36.2 Å². The number of aromatic carboxylic acids is 1. The first kappa shape index (κ1) is 19.0. The Morgan fingerprint density at radius 1 is 1.15 bits per heavy atom. The van der Waals surface area contributed by atoms with Gasteiger partial charge in [-0.1, -0.05) is 32.9 Å². The zero-order valence-corrected chi connectivity index (χ0v) is 16.0. The van der Waals surface area contributed by atoms with Crippen LogP contribution < -0.4 is 0 Å². The maximum atomic E-state index is 12.4. The first-order chi connectivity index (χ1) is 12.8. The number of carbonyl (C=O) groups is 2. The van der Waals surface area contributed by atoms with Gasteiger partial charge >= 0.3 is 5.97 Å². The smallest absolute Gasteiger partial charge is 0.335 e. The Morgan fingerprint density at radius 2 is 1.85 bits per heavy atom. The minimum Gasteiger partial charge on any atom is -0.478 e. The van der Waals surface area contributed by atoms with E-state index < -0.39 is 5.97 Å². The summed E-state index contributed by atoms with van der Waals surface area (Å²) in [6.07, 6.45) is 5.14. The highest BCUT2D eigenvalue weighted by Crippen LogP contribution is 2.30. The number of aromatic nitrogens is 2. The van der Waals surface area contributed by atoms with Crippen LogP contribution in [0.5, 0.6) is 0 Å². The van der Waals surface area contributed by atoms with Crippen molar-refractivity contribution in [3.63, 3.8) is 0 Å². The van der Waals surface area contributed by atoms with Crippen molar-refractivity contribution in [2.45, 2.75) is 39.5 Å². The van der Waals surface area contributed by atoms with E-state index in [2.05, 4.69) is 4.98 Å². The Balaban J connectivity index is 1.75. The van der Waals surface area contributed by atoms with E-state index >= 15 is 0 Å². The van der Waals surface area contributed by atoms with Gasteiger partial charge in [0.1, 0.15) is 0 Å². The van der Waals surface area contributed by atoms with E-state index in [1.54, 1.807) is 30.6 Å². The monoisotopic (exact) mass is 367 g/mol. The molecule has 1 aromatic heterocycles. The molecule has 142 valence electrons. The third kappa shape index (κ3) is 4.32. The van der Waals surface area contributed by atoms with Crippen LogP contribution in [0.4, 0.5) is 0 Å². The molecule has 0 spiro atoms. The molecule has 1 saturated heterocycles. The molecule has 2 heterocycles. The van der Waals surface area contributed by atoms with Crippen molar-refractivity contribution in [2.75, 3.05) is 13.1 Å². The zero-order chi connectivity index (χ0) is 19.6. The number of piperidine rings is 1. The van der Waals surface area contributed by atoms with Crippen LogP contribution in [0, 0.1) is 5.41 Å². The molecule has 6 heteroatoms. The van der Waals surface area contributed by atoms with E-state index in [1.807, 2.05) is 31.7 Å². The lowest BCUT2D eigenvalue weighted by Gasteiger charge is -2.35. The molecule has 1 amide bonds. The van der Waals surface area contributed by atoms with Crippen molar-refractivity contribution >= 4 is 11.9 Å². The molecular formula is C21H25N3O3. The zero-order valence-electron chi connectivity index (χ0n) is 16.0. The largest absolute Gasteiger partial charge is 0.478 e. The summed E-state index contributed by atoms with van der Waals surface area (Å²) in [6, 6.07) is 6.72. The van der Waals surface area contributed by atoms with Crippen LogP contribution in [-0.4, -0.2) is 44.9 Å². The average Bonchev–Trinajstić information content (AvgIpc) is 2.67. The second-order valence-corrected chi connectivity index (χ2v) is 8.03. The highest BCUT2D eigenvalue weighted by molar-refractivity contribution is 5.89. The summed E-state index contributed by atoms with van der Waals surface area (Å²) in [6.45, 7) is 7.28. The fraction of sp³-hybridized carbons (Fsp3) is 0.429. The van der Waals surface area contributed by atoms with Crippen LogP contribution >= 0.6 is 0 Å². The Hall–Kier alpha value is -2.76. The van der Waals surface area contributed by atoms with Crippen LogP contribution in [0.15, 0.2) is 36.7 Å². The van der Waals surface area contributed by atoms with Gasteiger partial charge in [-0.3, -0.25) is 9.78 Å². The van der Waals surface area contributed by atoms with Crippen molar-refractivity contribution in [1.82, 2.24) is 14.9 Å². The summed E-state index contributed by atoms with van der Waals surface area (Å²) in [4.78, 5) is 34.6. The number of nitrogens with zero attached hydrogens (tertiary/aromatic N) is 3. The number of carboxylic acid groups (broad SMARTS) is 1. The van der Waals surface area contributed by atoms with E-state index in [0.29, 0.717) is 5.69 Å². The van der Waals surface area contributed by atoms with Crippen LogP contribution in [0.1, 0.15) is 55.6 Å². The molecule has 2 aromatic rings. The minimum absolute atomic E-state index is 0.186. The number of benzene rings is 1. The van der Waals surface area contributed by atoms with Gasteiger partial charge in [0.05, 0.1) is 23.1 Å². The summed E-state index contributed by atoms with van der Waals surface area (Å²) in [5, 5.41) is 9.17. The average molecular weight is 367 g/mol. The quantitative estimate of drug-likeness (QED) is 0.896. The van der Waals surface area contributed by atoms with Crippen LogP contribution in [-0.2, 0) is 4.79 Å². The number of likely N-dealkylation sites (tertiary alicyclic amines) is 1. The summed E-state index contributed by atoms with van der Waals surface area (Å²) >= 11 is 0. The molecule has 6 nitrogen and oxygen atoms in total. The van der Waals surface area contributed by atoms with Gasteiger partial charge < -0.3 is 10.0 Å². The van der Waals surface area contributed by atoms with Crippen molar-refractivity contribution in [2.24, 2.45) is 5.41 Å². The van der Waals surface area contributed by atoms with E-state index in [9.17, 15) is 14.7 Å². The van der Waals surface area contributed by atoms with Gasteiger partial charge in [-0.25, -0.2) is 9.78 Å². The third-order valence-corrected chi connectivity index (χ3v) is 4.90. The van der Waals surface area contributed by atoms with Crippen molar-refractivity contribution in [3.8, 4) is 11.3 Å². The molecule has 0 radical (unpaired) electrons. The Bertz CT molecular complexity index is 850. The van der Waals surface area contributed by atoms with E-state index in [0.717, 1.165) is 37.2 Å². The molecule has 1 fully saturated rings. The Morgan fingerprint density at radius 3 is 2.48 bits per heavy atom. The lowest BCUT2D eigenvalue weighted by Crippen LogP contribution is -2.43. The predicted molar refractivity (Wildman–Crippen MR) is 102 cm³/mol. The highest BCUT2D eigenvalue weighted by atomic mass is 16.4. The van der Waals surface area contributed by atoms with Gasteiger partial charge in [-0.2, -0.15) is 0 Å². The first-order valence-corrected chi connectivity index (χ1v) is 9.21. The topological polar surface area (TPSA) is 83.4 Å². The second kappa shape index (κ2) is 7.47. The molecule has 0 unspecified atom stereocenters. The lowest BCUT2D eigenvalue weighted by atomic mass is 9.90. The number of amides is 1. The molecule has 1 aliphatic rings.